The number of esters is 1. The van der Waals surface area contributed by atoms with Crippen LogP contribution in [0.5, 0.6) is 0 Å². The van der Waals surface area contributed by atoms with Crippen LogP contribution in [0.4, 0.5) is 0 Å². The molecule has 0 aromatic heterocycles. The lowest BCUT2D eigenvalue weighted by Gasteiger charge is -2.63. The molecule has 22 atom stereocenters. The lowest BCUT2D eigenvalue weighted by molar-refractivity contribution is -0.377. The third kappa shape index (κ3) is 7.32. The van der Waals surface area contributed by atoms with E-state index in [1.807, 2.05) is 26.0 Å². The quantitative estimate of drug-likeness (QED) is 0.0646. The van der Waals surface area contributed by atoms with Gasteiger partial charge in [-0.15, -0.1) is 0 Å². The van der Waals surface area contributed by atoms with Crippen molar-refractivity contribution in [3.05, 3.63) is 23.8 Å². The number of fused-ring (bicyclic) bond motifs is 2. The summed E-state index contributed by atoms with van der Waals surface area (Å²) in [6, 6.07) is -0.634. The highest BCUT2D eigenvalue weighted by Gasteiger charge is 2.82. The highest BCUT2D eigenvalue weighted by molar-refractivity contribution is 5.96. The van der Waals surface area contributed by atoms with Crippen molar-refractivity contribution in [2.75, 3.05) is 13.2 Å². The molecular formula is C48H75NO14. The minimum absolute atomic E-state index is 0.0880. The molecule has 3 saturated heterocycles. The van der Waals surface area contributed by atoms with Crippen LogP contribution in [0.2, 0.25) is 0 Å². The van der Waals surface area contributed by atoms with Gasteiger partial charge in [-0.1, -0.05) is 59.8 Å². The average molecular weight is 890 g/mol. The molecule has 3 heterocycles. The van der Waals surface area contributed by atoms with E-state index >= 15 is 0 Å². The van der Waals surface area contributed by atoms with E-state index in [0.29, 0.717) is 29.2 Å². The second-order valence-corrected chi connectivity index (χ2v) is 22.2. The molecule has 5 saturated carbocycles. The predicted molar refractivity (Wildman–Crippen MR) is 227 cm³/mol. The van der Waals surface area contributed by atoms with Gasteiger partial charge in [0.25, 0.3) is 0 Å². The molecule has 8 N–H and O–H groups in total. The van der Waals surface area contributed by atoms with E-state index in [1.54, 1.807) is 6.92 Å². The number of nitrogens with one attached hydrogen (secondary N) is 1. The normalized spacial score (nSPS) is 52.0. The number of aliphatic hydroxyl groups is 7. The summed E-state index contributed by atoms with van der Waals surface area (Å²) >= 11 is 0. The van der Waals surface area contributed by atoms with Gasteiger partial charge in [0.2, 0.25) is 5.91 Å². The minimum atomic E-state index is -1.74. The Morgan fingerprint density at radius 2 is 1.43 bits per heavy atom. The maximum Gasteiger partial charge on any atom is 0.329 e. The number of hydrogen-bond donors (Lipinski definition) is 8. The molecule has 0 aromatic rings. The first-order chi connectivity index (χ1) is 29.6. The molecule has 8 aliphatic rings. The summed E-state index contributed by atoms with van der Waals surface area (Å²) in [4.78, 5) is 25.3. The topological polar surface area (TPSA) is 234 Å². The fourth-order valence-electron chi connectivity index (χ4n) is 15.1. The summed E-state index contributed by atoms with van der Waals surface area (Å²) in [5, 5.41) is 76.5. The number of aliphatic hydroxyl groups excluding tert-OH is 7. The maximum atomic E-state index is 13.0. The van der Waals surface area contributed by atoms with Gasteiger partial charge < -0.3 is 64.7 Å². The van der Waals surface area contributed by atoms with Gasteiger partial charge in [-0.25, -0.2) is 4.79 Å². The third-order valence-corrected chi connectivity index (χ3v) is 19.2. The van der Waals surface area contributed by atoms with Gasteiger partial charge in [0.15, 0.2) is 12.6 Å². The molecule has 15 heteroatoms. The number of cyclic esters (lactones) is 1. The molecular weight excluding hydrogens is 815 g/mol. The molecule has 1 amide bonds. The molecule has 2 spiro atoms. The van der Waals surface area contributed by atoms with E-state index in [2.05, 4.69) is 46.0 Å². The third-order valence-electron chi connectivity index (χ3n) is 19.2. The zero-order valence-corrected chi connectivity index (χ0v) is 38.4. The van der Waals surface area contributed by atoms with Crippen LogP contribution in [0.3, 0.4) is 0 Å². The SMILES string of the molecule is C/C(=C\C=C\[C@@H](C)[C@H]1CC[C@@]2(C)[C@@H]3CC[C@H]4C(C)(C)[C@@H](O[C@@H]5O[C@H](CO)[C@@H](O)[C@H](O)[C@H]5O[C@@H]5O[C@H](CO)[C@@H](O)[C@H](O)[C@H]5O)CC[C@@]45C[C@@]35CC[C@]12C)C(=O)N[C@@H]1C(=O)O[C@H](C)[C@@H]1C. The van der Waals surface area contributed by atoms with E-state index in [0.717, 1.165) is 32.1 Å². The maximum absolute atomic E-state index is 13.0. The number of hydrogen-bond acceptors (Lipinski definition) is 14. The Morgan fingerprint density at radius 1 is 0.794 bits per heavy atom. The lowest BCUT2D eigenvalue weighted by atomic mass is 9.42. The number of rotatable bonds is 11. The Bertz CT molecular complexity index is 1790. The van der Waals surface area contributed by atoms with Gasteiger partial charge in [0.1, 0.15) is 61.0 Å². The number of allylic oxidation sites excluding steroid dienone is 3. The monoisotopic (exact) mass is 890 g/mol. The first-order valence-electron chi connectivity index (χ1n) is 23.7. The largest absolute Gasteiger partial charge is 0.461 e. The molecule has 0 unspecified atom stereocenters. The molecule has 15 nitrogen and oxygen atoms in total. The van der Waals surface area contributed by atoms with Crippen LogP contribution in [-0.2, 0) is 33.3 Å². The van der Waals surface area contributed by atoms with E-state index in [1.165, 1.54) is 25.7 Å². The smallest absolute Gasteiger partial charge is 0.329 e. The van der Waals surface area contributed by atoms with Crippen LogP contribution in [0, 0.1) is 56.7 Å². The Labute approximate surface area is 371 Å². The summed E-state index contributed by atoms with van der Waals surface area (Å²) in [6.45, 7) is 16.3. The fraction of sp³-hybridized carbons (Fsp3) is 0.875. The highest BCUT2D eigenvalue weighted by Crippen LogP contribution is 2.89. The molecule has 0 aromatic carbocycles. The van der Waals surface area contributed by atoms with Gasteiger partial charge in [-0.05, 0) is 122 Å². The van der Waals surface area contributed by atoms with Crippen LogP contribution in [0.25, 0.3) is 0 Å². The Hall–Kier alpha value is -2.02. The van der Waals surface area contributed by atoms with Crippen molar-refractivity contribution < 1.29 is 69.0 Å². The molecule has 8 rings (SSSR count). The molecule has 0 radical (unpaired) electrons. The van der Waals surface area contributed by atoms with Crippen molar-refractivity contribution in [1.29, 1.82) is 0 Å². The van der Waals surface area contributed by atoms with Gasteiger partial charge >= 0.3 is 5.97 Å². The number of amides is 1. The lowest BCUT2D eigenvalue weighted by Crippen LogP contribution is -2.65. The van der Waals surface area contributed by atoms with E-state index in [4.69, 9.17) is 23.7 Å². The van der Waals surface area contributed by atoms with E-state index < -0.39 is 80.7 Å². The highest BCUT2D eigenvalue weighted by atomic mass is 16.8. The minimum Gasteiger partial charge on any atom is -0.461 e. The molecule has 3 aliphatic heterocycles. The standard InChI is InChI=1S/C48H75NO14/c1-23(10-9-11-24(2)40(57)49-33-25(3)26(4)59-41(33)58)27-14-16-46(8)31-13-12-30-44(5,6)32(15-17-47(30)22-48(31,47)19-18-45(27,46)7)62-43-39(37(55)35(53)29(21-51)61-43)63-42-38(56)36(54)34(52)28(20-50)60-42/h9-11,23,25-39,42-43,50-56H,12-22H2,1-8H3,(H,49,57)/b10-9+,24-11+/t23-,25+,26-,27-,28-,29-,30+,31+,32+,33+,34-,35-,36+,37+,38-,39-,42+,43+,45-,46+,47-,48+/m1/s1. The van der Waals surface area contributed by atoms with Crippen molar-refractivity contribution in [1.82, 2.24) is 5.32 Å². The zero-order chi connectivity index (χ0) is 45.8. The van der Waals surface area contributed by atoms with E-state index in [9.17, 15) is 45.3 Å². The van der Waals surface area contributed by atoms with Gasteiger partial charge in [0, 0.05) is 11.5 Å². The van der Waals surface area contributed by atoms with Gasteiger partial charge in [-0.2, -0.15) is 0 Å². The summed E-state index contributed by atoms with van der Waals surface area (Å²) in [5.74, 6) is 1.07. The van der Waals surface area contributed by atoms with Gasteiger partial charge in [0.05, 0.1) is 19.3 Å². The molecule has 8 fully saturated rings. The Morgan fingerprint density at radius 3 is 2.08 bits per heavy atom. The fourth-order valence-corrected chi connectivity index (χ4v) is 15.1. The molecule has 5 aliphatic carbocycles. The first kappa shape index (κ1) is 47.5. The Balaban J connectivity index is 0.944. The van der Waals surface area contributed by atoms with Crippen LogP contribution >= 0.6 is 0 Å². The van der Waals surface area contributed by atoms with Crippen molar-refractivity contribution in [3.8, 4) is 0 Å². The zero-order valence-electron chi connectivity index (χ0n) is 38.4. The van der Waals surface area contributed by atoms with Crippen molar-refractivity contribution in [2.24, 2.45) is 56.7 Å². The number of carbonyl (C=O) groups is 2. The summed E-state index contributed by atoms with van der Waals surface area (Å²) < 4.78 is 29.8. The van der Waals surface area contributed by atoms with Crippen LogP contribution in [-0.4, -0.2) is 140 Å². The molecule has 0 bridgehead atoms. The summed E-state index contributed by atoms with van der Waals surface area (Å²) in [7, 11) is 0. The summed E-state index contributed by atoms with van der Waals surface area (Å²) in [5.41, 5.74) is 1.02. The summed E-state index contributed by atoms with van der Waals surface area (Å²) in [6.07, 6.45) is 0.478. The van der Waals surface area contributed by atoms with Crippen molar-refractivity contribution in [2.45, 2.75) is 193 Å². The number of carbonyl (C=O) groups excluding carboxylic acids is 2. The molecule has 63 heavy (non-hydrogen) atoms. The first-order valence-corrected chi connectivity index (χ1v) is 23.7. The predicted octanol–water partition coefficient (Wildman–Crippen LogP) is 2.64. The Kier molecular flexibility index (Phi) is 12.8. The van der Waals surface area contributed by atoms with Crippen LogP contribution in [0.1, 0.15) is 113 Å². The van der Waals surface area contributed by atoms with Crippen LogP contribution in [0.15, 0.2) is 23.8 Å². The van der Waals surface area contributed by atoms with Gasteiger partial charge in [-0.3, -0.25) is 4.79 Å². The van der Waals surface area contributed by atoms with E-state index in [-0.39, 0.29) is 57.1 Å². The van der Waals surface area contributed by atoms with Crippen molar-refractivity contribution >= 4 is 11.9 Å². The van der Waals surface area contributed by atoms with Crippen molar-refractivity contribution in [3.63, 3.8) is 0 Å². The second kappa shape index (κ2) is 16.9. The number of ether oxygens (including phenoxy) is 5. The van der Waals surface area contributed by atoms with Crippen LogP contribution < -0.4 is 5.32 Å². The average Bonchev–Trinajstić information content (AvgIpc) is 3.74. The molecule has 356 valence electrons. The second-order valence-electron chi connectivity index (χ2n) is 22.2.